The minimum absolute atomic E-state index is 0.0430. The summed E-state index contributed by atoms with van der Waals surface area (Å²) in [5, 5.41) is 3.76. The van der Waals surface area contributed by atoms with E-state index in [4.69, 9.17) is 9.72 Å². The number of nitrogens with zero attached hydrogens (tertiary/aromatic N) is 2. The van der Waals surface area contributed by atoms with E-state index in [9.17, 15) is 9.59 Å². The van der Waals surface area contributed by atoms with Crippen LogP contribution in [0.4, 0.5) is 0 Å². The van der Waals surface area contributed by atoms with Gasteiger partial charge in [0.2, 0.25) is 5.91 Å². The molecular formula is C20H25N3O3. The molecule has 138 valence electrons. The lowest BCUT2D eigenvalue weighted by Crippen LogP contribution is -2.42. The Balaban J connectivity index is 1.98. The molecule has 2 heterocycles. The average Bonchev–Trinajstić information content (AvgIpc) is 2.66. The molecule has 2 amide bonds. The summed E-state index contributed by atoms with van der Waals surface area (Å²) in [7, 11) is 0. The van der Waals surface area contributed by atoms with Crippen molar-refractivity contribution in [3.8, 4) is 0 Å². The third-order valence-electron chi connectivity index (χ3n) is 4.45. The van der Waals surface area contributed by atoms with Crippen LogP contribution in [0.3, 0.4) is 0 Å². The van der Waals surface area contributed by atoms with Crippen molar-refractivity contribution in [2.24, 2.45) is 0 Å². The molecular weight excluding hydrogens is 330 g/mol. The van der Waals surface area contributed by atoms with Gasteiger partial charge in [-0.2, -0.15) is 0 Å². The van der Waals surface area contributed by atoms with Gasteiger partial charge in [0.15, 0.2) is 0 Å². The number of para-hydroxylation sites is 1. The Morgan fingerprint density at radius 3 is 2.85 bits per heavy atom. The first-order chi connectivity index (χ1) is 12.5. The van der Waals surface area contributed by atoms with Crippen molar-refractivity contribution in [3.05, 3.63) is 41.6 Å². The number of ether oxygens (including phenoxy) is 1. The van der Waals surface area contributed by atoms with Crippen LogP contribution in [0, 0.1) is 0 Å². The first-order valence-corrected chi connectivity index (χ1v) is 9.09. The zero-order valence-corrected chi connectivity index (χ0v) is 15.5. The second-order valence-electron chi connectivity index (χ2n) is 6.79. The number of carbonyl (C=O) groups is 2. The number of rotatable bonds is 4. The van der Waals surface area contributed by atoms with E-state index in [0.29, 0.717) is 37.4 Å². The number of aromatic nitrogens is 1. The lowest BCUT2D eigenvalue weighted by molar-refractivity contribution is -0.138. The summed E-state index contributed by atoms with van der Waals surface area (Å²) < 4.78 is 5.87. The average molecular weight is 355 g/mol. The molecule has 1 aliphatic rings. The van der Waals surface area contributed by atoms with Crippen LogP contribution in [0.15, 0.2) is 30.3 Å². The van der Waals surface area contributed by atoms with E-state index in [1.54, 1.807) is 11.0 Å². The molecule has 1 fully saturated rings. The number of nitrogens with one attached hydrogen (secondary N) is 1. The molecule has 1 aliphatic heterocycles. The Kier molecular flexibility index (Phi) is 5.52. The van der Waals surface area contributed by atoms with Gasteiger partial charge < -0.3 is 15.0 Å². The zero-order valence-electron chi connectivity index (χ0n) is 15.5. The maximum absolute atomic E-state index is 12.7. The number of amides is 2. The van der Waals surface area contributed by atoms with Gasteiger partial charge in [0, 0.05) is 24.4 Å². The third-order valence-corrected chi connectivity index (χ3v) is 4.45. The van der Waals surface area contributed by atoms with Crippen molar-refractivity contribution >= 4 is 22.7 Å². The van der Waals surface area contributed by atoms with Gasteiger partial charge in [-0.05, 0) is 26.0 Å². The summed E-state index contributed by atoms with van der Waals surface area (Å²) in [6.07, 6.45) is 0.148. The molecule has 1 aromatic heterocycles. The van der Waals surface area contributed by atoms with Crippen molar-refractivity contribution < 1.29 is 14.3 Å². The summed E-state index contributed by atoms with van der Waals surface area (Å²) in [6.45, 7) is 7.25. The normalized spacial score (nSPS) is 17.5. The van der Waals surface area contributed by atoms with Crippen LogP contribution in [0.25, 0.3) is 10.9 Å². The maximum Gasteiger partial charge on any atom is 0.252 e. The van der Waals surface area contributed by atoms with Gasteiger partial charge in [-0.25, -0.2) is 4.98 Å². The topological polar surface area (TPSA) is 71.5 Å². The minimum Gasteiger partial charge on any atom is -0.368 e. The zero-order chi connectivity index (χ0) is 18.7. The molecule has 1 aromatic carbocycles. The van der Waals surface area contributed by atoms with Crippen molar-refractivity contribution in [1.29, 1.82) is 0 Å². The highest BCUT2D eigenvalue weighted by molar-refractivity contribution is 6.06. The van der Waals surface area contributed by atoms with Gasteiger partial charge in [-0.15, -0.1) is 0 Å². The van der Waals surface area contributed by atoms with Gasteiger partial charge in [0.05, 0.1) is 29.9 Å². The third kappa shape index (κ3) is 3.85. The smallest absolute Gasteiger partial charge is 0.252 e. The van der Waals surface area contributed by atoms with Crippen molar-refractivity contribution in [2.45, 2.75) is 39.3 Å². The molecule has 1 saturated heterocycles. The quantitative estimate of drug-likeness (QED) is 0.915. The highest BCUT2D eigenvalue weighted by Crippen LogP contribution is 2.26. The van der Waals surface area contributed by atoms with Crippen LogP contribution in [0.2, 0.25) is 0 Å². The van der Waals surface area contributed by atoms with Crippen LogP contribution in [-0.2, 0) is 9.53 Å². The second kappa shape index (κ2) is 7.83. The number of hydrogen-bond acceptors (Lipinski definition) is 4. The van der Waals surface area contributed by atoms with E-state index >= 15 is 0 Å². The molecule has 0 bridgehead atoms. The van der Waals surface area contributed by atoms with Crippen LogP contribution in [-0.4, -0.2) is 47.4 Å². The van der Waals surface area contributed by atoms with Gasteiger partial charge in [0.25, 0.3) is 5.91 Å². The van der Waals surface area contributed by atoms with Gasteiger partial charge in [-0.3, -0.25) is 9.59 Å². The van der Waals surface area contributed by atoms with E-state index in [1.165, 1.54) is 0 Å². The number of pyridine rings is 1. The van der Waals surface area contributed by atoms with E-state index in [2.05, 4.69) is 5.32 Å². The first-order valence-electron chi connectivity index (χ1n) is 9.09. The number of fused-ring (bicyclic) bond motifs is 1. The number of morpholine rings is 1. The summed E-state index contributed by atoms with van der Waals surface area (Å²) in [5.41, 5.74) is 2.02. The highest BCUT2D eigenvalue weighted by atomic mass is 16.5. The molecule has 0 saturated carbocycles. The molecule has 0 spiro atoms. The summed E-state index contributed by atoms with van der Waals surface area (Å²) in [4.78, 5) is 31.2. The van der Waals surface area contributed by atoms with Crippen molar-refractivity contribution in [2.75, 3.05) is 19.7 Å². The number of carbonyl (C=O) groups excluding carboxylic acids is 2. The largest absolute Gasteiger partial charge is 0.368 e. The summed E-state index contributed by atoms with van der Waals surface area (Å²) >= 11 is 0. The van der Waals surface area contributed by atoms with E-state index in [-0.39, 0.29) is 24.0 Å². The Morgan fingerprint density at radius 1 is 1.35 bits per heavy atom. The predicted octanol–water partition coefficient (Wildman–Crippen LogP) is 2.68. The summed E-state index contributed by atoms with van der Waals surface area (Å²) in [5.74, 6) is -0.0194. The molecule has 2 aromatic rings. The van der Waals surface area contributed by atoms with Crippen LogP contribution >= 0.6 is 0 Å². The monoisotopic (exact) mass is 355 g/mol. The molecule has 6 heteroatoms. The lowest BCUT2D eigenvalue weighted by atomic mass is 10.0. The summed E-state index contributed by atoms with van der Waals surface area (Å²) in [6, 6.07) is 9.43. The Labute approximate surface area is 153 Å². The molecule has 0 radical (unpaired) electrons. The van der Waals surface area contributed by atoms with Gasteiger partial charge in [0.1, 0.15) is 6.10 Å². The SMILES string of the molecule is CCC(=O)N1CCO[C@@H](c2cc(C(=O)NC(C)C)c3ccccc3n2)C1. The Bertz CT molecular complexity index is 819. The van der Waals surface area contributed by atoms with E-state index in [0.717, 1.165) is 10.9 Å². The fourth-order valence-corrected chi connectivity index (χ4v) is 3.17. The first kappa shape index (κ1) is 18.3. The molecule has 0 aliphatic carbocycles. The number of benzene rings is 1. The second-order valence-corrected chi connectivity index (χ2v) is 6.79. The molecule has 1 N–H and O–H groups in total. The lowest BCUT2D eigenvalue weighted by Gasteiger charge is -2.32. The van der Waals surface area contributed by atoms with Crippen LogP contribution < -0.4 is 5.32 Å². The van der Waals surface area contributed by atoms with Crippen molar-refractivity contribution in [1.82, 2.24) is 15.2 Å². The molecule has 1 atom stereocenters. The maximum atomic E-state index is 12.7. The predicted molar refractivity (Wildman–Crippen MR) is 99.9 cm³/mol. The highest BCUT2D eigenvalue weighted by Gasteiger charge is 2.27. The Hall–Kier alpha value is -2.47. The van der Waals surface area contributed by atoms with Crippen molar-refractivity contribution in [3.63, 3.8) is 0 Å². The van der Waals surface area contributed by atoms with E-state index in [1.807, 2.05) is 45.0 Å². The molecule has 6 nitrogen and oxygen atoms in total. The molecule has 0 unspecified atom stereocenters. The standard InChI is InChI=1S/C20H25N3O3/c1-4-19(24)23-9-10-26-18(12-23)17-11-15(20(25)21-13(2)3)14-7-5-6-8-16(14)22-17/h5-8,11,13,18H,4,9-10,12H2,1-3H3,(H,21,25)/t18-/m1/s1. The fraction of sp³-hybridized carbons (Fsp3) is 0.450. The van der Waals surface area contributed by atoms with Gasteiger partial charge >= 0.3 is 0 Å². The Morgan fingerprint density at radius 2 is 2.12 bits per heavy atom. The van der Waals surface area contributed by atoms with Crippen LogP contribution in [0.5, 0.6) is 0 Å². The molecule has 26 heavy (non-hydrogen) atoms. The number of hydrogen-bond donors (Lipinski definition) is 1. The van der Waals surface area contributed by atoms with Crippen LogP contribution in [0.1, 0.15) is 49.3 Å². The van der Waals surface area contributed by atoms with Gasteiger partial charge in [-0.1, -0.05) is 25.1 Å². The van der Waals surface area contributed by atoms with E-state index < -0.39 is 0 Å². The molecule has 3 rings (SSSR count). The fourth-order valence-electron chi connectivity index (χ4n) is 3.17. The minimum atomic E-state index is -0.325.